The van der Waals surface area contributed by atoms with Crippen LogP contribution in [0.2, 0.25) is 0 Å². The first-order chi connectivity index (χ1) is 10.1. The first-order valence-corrected chi connectivity index (χ1v) is 8.12. The highest BCUT2D eigenvalue weighted by atomic mass is 16.6. The maximum Gasteiger partial charge on any atom is 0.0704 e. The van der Waals surface area contributed by atoms with Crippen LogP contribution in [0, 0.1) is 5.41 Å². The second-order valence-corrected chi connectivity index (χ2v) is 6.12. The predicted molar refractivity (Wildman–Crippen MR) is 81.5 cm³/mol. The van der Waals surface area contributed by atoms with Crippen LogP contribution in [0.3, 0.4) is 0 Å². The quantitative estimate of drug-likeness (QED) is 0.528. The Hall–Kier alpha value is -0.200. The Bertz CT molecular complexity index is 257. The Morgan fingerprint density at radius 2 is 1.43 bits per heavy atom. The smallest absolute Gasteiger partial charge is 0.0704 e. The third-order valence-corrected chi connectivity index (χ3v) is 4.06. The van der Waals surface area contributed by atoms with E-state index in [0.29, 0.717) is 39.6 Å². The minimum Gasteiger partial charge on any atom is -0.392 e. The Balaban J connectivity index is 1.77. The SMILES string of the molecule is CCCCOCCOCCOCCOC1CC(O)C1(C)C. The number of ether oxygens (including phenoxy) is 4. The van der Waals surface area contributed by atoms with E-state index >= 15 is 0 Å². The zero-order valence-corrected chi connectivity index (χ0v) is 13.8. The van der Waals surface area contributed by atoms with Crippen LogP contribution < -0.4 is 0 Å². The van der Waals surface area contributed by atoms with Gasteiger partial charge in [-0.3, -0.25) is 0 Å². The van der Waals surface area contributed by atoms with Crippen molar-refractivity contribution in [2.45, 2.75) is 52.2 Å². The Morgan fingerprint density at radius 1 is 0.905 bits per heavy atom. The summed E-state index contributed by atoms with van der Waals surface area (Å²) in [6.07, 6.45) is 2.91. The summed E-state index contributed by atoms with van der Waals surface area (Å²) >= 11 is 0. The van der Waals surface area contributed by atoms with Crippen LogP contribution in [0.25, 0.3) is 0 Å². The summed E-state index contributed by atoms with van der Waals surface area (Å²) in [4.78, 5) is 0. The summed E-state index contributed by atoms with van der Waals surface area (Å²) in [7, 11) is 0. The standard InChI is InChI=1S/C16H32O5/c1-4-5-6-18-7-8-19-9-10-20-11-12-21-15-13-14(17)16(15,2)3/h14-15,17H,4-13H2,1-3H3. The molecule has 1 aliphatic rings. The molecule has 0 amide bonds. The molecule has 0 aromatic carbocycles. The van der Waals surface area contributed by atoms with E-state index in [1.54, 1.807) is 0 Å². The first-order valence-electron chi connectivity index (χ1n) is 8.12. The molecular formula is C16H32O5. The molecule has 21 heavy (non-hydrogen) atoms. The highest BCUT2D eigenvalue weighted by molar-refractivity contribution is 4.98. The Labute approximate surface area is 128 Å². The number of unbranched alkanes of at least 4 members (excludes halogenated alkanes) is 1. The molecule has 0 aliphatic heterocycles. The Morgan fingerprint density at radius 3 is 1.90 bits per heavy atom. The fourth-order valence-corrected chi connectivity index (χ4v) is 2.18. The maximum atomic E-state index is 9.60. The second-order valence-electron chi connectivity index (χ2n) is 6.12. The fourth-order valence-electron chi connectivity index (χ4n) is 2.18. The fraction of sp³-hybridized carbons (Fsp3) is 1.00. The van der Waals surface area contributed by atoms with Gasteiger partial charge >= 0.3 is 0 Å². The van der Waals surface area contributed by atoms with Crippen molar-refractivity contribution in [2.75, 3.05) is 46.2 Å². The molecular weight excluding hydrogens is 272 g/mol. The van der Waals surface area contributed by atoms with E-state index in [9.17, 15) is 5.11 Å². The molecule has 0 saturated heterocycles. The zero-order chi connectivity index (χ0) is 15.6. The van der Waals surface area contributed by atoms with Crippen molar-refractivity contribution >= 4 is 0 Å². The lowest BCUT2D eigenvalue weighted by Gasteiger charge is -2.48. The van der Waals surface area contributed by atoms with Crippen LogP contribution in [0.1, 0.15) is 40.0 Å². The first kappa shape index (κ1) is 18.8. The van der Waals surface area contributed by atoms with Crippen LogP contribution in [0.15, 0.2) is 0 Å². The third-order valence-electron chi connectivity index (χ3n) is 4.06. The average molecular weight is 304 g/mol. The minimum absolute atomic E-state index is 0.124. The highest BCUT2D eigenvalue weighted by Gasteiger charge is 2.48. The predicted octanol–water partition coefficient (Wildman–Crippen LogP) is 2.01. The Kier molecular flexibility index (Phi) is 9.44. The normalized spacial score (nSPS) is 24.0. The van der Waals surface area contributed by atoms with Gasteiger partial charge < -0.3 is 24.1 Å². The van der Waals surface area contributed by atoms with Gasteiger partial charge in [0.15, 0.2) is 0 Å². The molecule has 1 fully saturated rings. The summed E-state index contributed by atoms with van der Waals surface area (Å²) in [6, 6.07) is 0. The van der Waals surface area contributed by atoms with Crippen LogP contribution in [0.5, 0.6) is 0 Å². The maximum absolute atomic E-state index is 9.60. The van der Waals surface area contributed by atoms with Crippen molar-refractivity contribution < 1.29 is 24.1 Å². The number of aliphatic hydroxyl groups is 1. The summed E-state index contributed by atoms with van der Waals surface area (Å²) in [5.74, 6) is 0. The monoisotopic (exact) mass is 304 g/mol. The lowest BCUT2D eigenvalue weighted by Crippen LogP contribution is -2.54. The van der Waals surface area contributed by atoms with Gasteiger partial charge in [0, 0.05) is 18.4 Å². The molecule has 1 N–H and O–H groups in total. The summed E-state index contributed by atoms with van der Waals surface area (Å²) in [5.41, 5.74) is -0.124. The van der Waals surface area contributed by atoms with Gasteiger partial charge in [-0.25, -0.2) is 0 Å². The highest BCUT2D eigenvalue weighted by Crippen LogP contribution is 2.42. The van der Waals surface area contributed by atoms with Gasteiger partial charge in [-0.2, -0.15) is 0 Å². The van der Waals surface area contributed by atoms with Gasteiger partial charge in [-0.15, -0.1) is 0 Å². The van der Waals surface area contributed by atoms with Gasteiger partial charge in [-0.1, -0.05) is 27.2 Å². The second kappa shape index (κ2) is 10.5. The van der Waals surface area contributed by atoms with Crippen molar-refractivity contribution in [1.82, 2.24) is 0 Å². The topological polar surface area (TPSA) is 57.2 Å². The van der Waals surface area contributed by atoms with Crippen molar-refractivity contribution in [3.8, 4) is 0 Å². The van der Waals surface area contributed by atoms with Gasteiger partial charge in [0.1, 0.15) is 0 Å². The molecule has 0 radical (unpaired) electrons. The van der Waals surface area contributed by atoms with E-state index in [1.807, 2.05) is 13.8 Å². The van der Waals surface area contributed by atoms with Crippen molar-refractivity contribution in [1.29, 1.82) is 0 Å². The molecule has 2 unspecified atom stereocenters. The van der Waals surface area contributed by atoms with Crippen molar-refractivity contribution in [3.05, 3.63) is 0 Å². The molecule has 1 rings (SSSR count). The van der Waals surface area contributed by atoms with Crippen molar-refractivity contribution in [2.24, 2.45) is 5.41 Å². The molecule has 1 saturated carbocycles. The molecule has 126 valence electrons. The molecule has 0 spiro atoms. The molecule has 0 bridgehead atoms. The van der Waals surface area contributed by atoms with Gasteiger partial charge in [0.25, 0.3) is 0 Å². The molecule has 1 aliphatic carbocycles. The number of rotatable bonds is 13. The van der Waals surface area contributed by atoms with Gasteiger partial charge in [-0.05, 0) is 6.42 Å². The average Bonchev–Trinajstić information content (AvgIpc) is 2.47. The summed E-state index contributed by atoms with van der Waals surface area (Å²) < 4.78 is 21.9. The molecule has 2 atom stereocenters. The summed E-state index contributed by atoms with van der Waals surface area (Å²) in [5, 5.41) is 9.60. The van der Waals surface area contributed by atoms with Crippen LogP contribution in [0.4, 0.5) is 0 Å². The van der Waals surface area contributed by atoms with Gasteiger partial charge in [0.2, 0.25) is 0 Å². The van der Waals surface area contributed by atoms with E-state index in [4.69, 9.17) is 18.9 Å². The number of hydrogen-bond acceptors (Lipinski definition) is 5. The van der Waals surface area contributed by atoms with Crippen molar-refractivity contribution in [3.63, 3.8) is 0 Å². The third kappa shape index (κ3) is 7.06. The van der Waals surface area contributed by atoms with E-state index in [1.165, 1.54) is 0 Å². The lowest BCUT2D eigenvalue weighted by atomic mass is 9.66. The molecule has 0 heterocycles. The molecule has 5 heteroatoms. The number of aliphatic hydroxyl groups excluding tert-OH is 1. The van der Waals surface area contributed by atoms with E-state index < -0.39 is 0 Å². The zero-order valence-electron chi connectivity index (χ0n) is 13.8. The minimum atomic E-state index is -0.239. The van der Waals surface area contributed by atoms with E-state index in [-0.39, 0.29) is 17.6 Å². The van der Waals surface area contributed by atoms with Crippen LogP contribution in [-0.2, 0) is 18.9 Å². The largest absolute Gasteiger partial charge is 0.392 e. The van der Waals surface area contributed by atoms with E-state index in [0.717, 1.165) is 25.9 Å². The lowest BCUT2D eigenvalue weighted by molar-refractivity contribution is -0.180. The molecule has 5 nitrogen and oxygen atoms in total. The van der Waals surface area contributed by atoms with E-state index in [2.05, 4.69) is 6.92 Å². The van der Waals surface area contributed by atoms with Crippen LogP contribution in [-0.4, -0.2) is 63.6 Å². The number of hydrogen-bond donors (Lipinski definition) is 1. The molecule has 0 aromatic heterocycles. The van der Waals surface area contributed by atoms with Crippen LogP contribution >= 0.6 is 0 Å². The molecule has 0 aromatic rings. The van der Waals surface area contributed by atoms with Gasteiger partial charge in [0.05, 0.1) is 51.8 Å². The summed E-state index contributed by atoms with van der Waals surface area (Å²) in [6.45, 7) is 10.6.